The quantitative estimate of drug-likeness (QED) is 0.655. The van der Waals surface area contributed by atoms with Crippen LogP contribution in [-0.2, 0) is 6.54 Å². The minimum absolute atomic E-state index is 0.324. The molecule has 0 unspecified atom stereocenters. The number of carbonyl (C=O) groups excluding carboxylic acids is 1. The predicted octanol–water partition coefficient (Wildman–Crippen LogP) is 3.34. The molecule has 0 radical (unpaired) electrons. The molecule has 0 spiro atoms. The van der Waals surface area contributed by atoms with Gasteiger partial charge in [0, 0.05) is 11.8 Å². The molecule has 5 heteroatoms. The Labute approximate surface area is 128 Å². The summed E-state index contributed by atoms with van der Waals surface area (Å²) in [5, 5.41) is 4.30. The summed E-state index contributed by atoms with van der Waals surface area (Å²) < 4.78 is 12.9. The van der Waals surface area contributed by atoms with E-state index in [0.29, 0.717) is 31.0 Å². The summed E-state index contributed by atoms with van der Waals surface area (Å²) in [6.45, 7) is 3.22. The molecule has 0 aliphatic rings. The topological polar surface area (TPSA) is 57.3 Å². The van der Waals surface area contributed by atoms with Gasteiger partial charge in [0.05, 0.1) is 12.2 Å². The van der Waals surface area contributed by atoms with Gasteiger partial charge in [-0.2, -0.15) is 5.10 Å². The van der Waals surface area contributed by atoms with Crippen LogP contribution in [0.1, 0.15) is 16.2 Å². The van der Waals surface area contributed by atoms with E-state index in [0.717, 1.165) is 17.0 Å². The first-order chi connectivity index (χ1) is 10.7. The first-order valence-electron chi connectivity index (χ1n) is 7.03. The molecule has 0 amide bonds. The SMILES string of the molecule is Cc1ccn(CCOc2ccc(-c3ccc(C=O)o3)cc2)n1. The second kappa shape index (κ2) is 6.30. The lowest BCUT2D eigenvalue weighted by Gasteiger charge is -2.07. The van der Waals surface area contributed by atoms with Crippen LogP contribution in [0.25, 0.3) is 11.3 Å². The largest absolute Gasteiger partial charge is 0.492 e. The van der Waals surface area contributed by atoms with E-state index >= 15 is 0 Å². The Bertz CT molecular complexity index is 756. The Balaban J connectivity index is 1.58. The number of rotatable bonds is 6. The van der Waals surface area contributed by atoms with Gasteiger partial charge in [0.15, 0.2) is 12.0 Å². The lowest BCUT2D eigenvalue weighted by Crippen LogP contribution is -2.08. The zero-order valence-corrected chi connectivity index (χ0v) is 12.2. The maximum Gasteiger partial charge on any atom is 0.185 e. The third kappa shape index (κ3) is 3.25. The highest BCUT2D eigenvalue weighted by molar-refractivity contribution is 5.72. The highest BCUT2D eigenvalue weighted by Gasteiger charge is 2.04. The molecule has 0 bridgehead atoms. The number of aldehydes is 1. The van der Waals surface area contributed by atoms with Crippen molar-refractivity contribution in [2.75, 3.05) is 6.61 Å². The number of aryl methyl sites for hydroxylation is 1. The van der Waals surface area contributed by atoms with Crippen molar-refractivity contribution in [2.24, 2.45) is 0 Å². The third-order valence-corrected chi connectivity index (χ3v) is 3.24. The van der Waals surface area contributed by atoms with Crippen LogP contribution in [0.3, 0.4) is 0 Å². The van der Waals surface area contributed by atoms with Gasteiger partial charge in [-0.3, -0.25) is 9.48 Å². The van der Waals surface area contributed by atoms with Crippen molar-refractivity contribution in [3.05, 3.63) is 60.1 Å². The zero-order valence-electron chi connectivity index (χ0n) is 12.2. The van der Waals surface area contributed by atoms with Crippen molar-refractivity contribution < 1.29 is 13.9 Å². The first kappa shape index (κ1) is 14.1. The first-order valence-corrected chi connectivity index (χ1v) is 7.03. The molecule has 0 N–H and O–H groups in total. The fraction of sp³-hybridized carbons (Fsp3) is 0.176. The summed E-state index contributed by atoms with van der Waals surface area (Å²) in [5.74, 6) is 1.78. The molecule has 1 aromatic carbocycles. The Morgan fingerprint density at radius 1 is 1.18 bits per heavy atom. The number of hydrogen-bond donors (Lipinski definition) is 0. The van der Waals surface area contributed by atoms with Crippen LogP contribution in [0.15, 0.2) is 53.1 Å². The summed E-state index contributed by atoms with van der Waals surface area (Å²) >= 11 is 0. The molecule has 3 rings (SSSR count). The second-order valence-electron chi connectivity index (χ2n) is 4.91. The predicted molar refractivity (Wildman–Crippen MR) is 82.0 cm³/mol. The van der Waals surface area contributed by atoms with E-state index in [-0.39, 0.29) is 0 Å². The minimum atomic E-state index is 0.324. The van der Waals surface area contributed by atoms with E-state index in [9.17, 15) is 4.79 Å². The molecule has 0 atom stereocenters. The Morgan fingerprint density at radius 2 is 2.00 bits per heavy atom. The standard InChI is InChI=1S/C17H16N2O3/c1-13-8-9-19(18-13)10-11-21-15-4-2-14(3-5-15)17-7-6-16(12-20)22-17/h2-9,12H,10-11H2,1H3. The second-order valence-corrected chi connectivity index (χ2v) is 4.91. The average Bonchev–Trinajstić information content (AvgIpc) is 3.17. The van der Waals surface area contributed by atoms with Crippen LogP contribution < -0.4 is 4.74 Å². The monoisotopic (exact) mass is 296 g/mol. The van der Waals surface area contributed by atoms with Gasteiger partial charge in [-0.1, -0.05) is 0 Å². The Kier molecular flexibility index (Phi) is 4.05. The van der Waals surface area contributed by atoms with Crippen LogP contribution in [0.2, 0.25) is 0 Å². The average molecular weight is 296 g/mol. The Morgan fingerprint density at radius 3 is 2.64 bits per heavy atom. The number of ether oxygens (including phenoxy) is 1. The van der Waals surface area contributed by atoms with Crippen LogP contribution >= 0.6 is 0 Å². The molecule has 0 saturated carbocycles. The fourth-order valence-electron chi connectivity index (χ4n) is 2.13. The van der Waals surface area contributed by atoms with Crippen molar-refractivity contribution in [3.8, 4) is 17.1 Å². The lowest BCUT2D eigenvalue weighted by atomic mass is 10.2. The van der Waals surface area contributed by atoms with E-state index in [1.807, 2.05) is 48.1 Å². The lowest BCUT2D eigenvalue weighted by molar-refractivity contribution is 0.110. The molecule has 5 nitrogen and oxygen atoms in total. The molecule has 3 aromatic rings. The van der Waals surface area contributed by atoms with Gasteiger partial charge in [0.25, 0.3) is 0 Å². The summed E-state index contributed by atoms with van der Waals surface area (Å²) in [4.78, 5) is 10.6. The molecule has 0 saturated heterocycles. The van der Waals surface area contributed by atoms with E-state index in [1.54, 1.807) is 12.1 Å². The molecule has 112 valence electrons. The molecule has 0 aliphatic heterocycles. The van der Waals surface area contributed by atoms with Crippen molar-refractivity contribution >= 4 is 6.29 Å². The number of carbonyl (C=O) groups is 1. The Hall–Kier alpha value is -2.82. The zero-order chi connectivity index (χ0) is 15.4. The molecular weight excluding hydrogens is 280 g/mol. The van der Waals surface area contributed by atoms with Gasteiger partial charge in [0.2, 0.25) is 0 Å². The fourth-order valence-corrected chi connectivity index (χ4v) is 2.13. The van der Waals surface area contributed by atoms with Crippen molar-refractivity contribution in [1.82, 2.24) is 9.78 Å². The van der Waals surface area contributed by atoms with Crippen LogP contribution in [0.4, 0.5) is 0 Å². The van der Waals surface area contributed by atoms with Gasteiger partial charge in [-0.05, 0) is 49.4 Å². The molecule has 22 heavy (non-hydrogen) atoms. The van der Waals surface area contributed by atoms with Gasteiger partial charge in [-0.25, -0.2) is 0 Å². The number of aromatic nitrogens is 2. The maximum atomic E-state index is 10.6. The molecule has 2 heterocycles. The van der Waals surface area contributed by atoms with Gasteiger partial charge >= 0.3 is 0 Å². The van der Waals surface area contributed by atoms with E-state index < -0.39 is 0 Å². The molecule has 0 fully saturated rings. The maximum absolute atomic E-state index is 10.6. The molecule has 0 aliphatic carbocycles. The highest BCUT2D eigenvalue weighted by Crippen LogP contribution is 2.24. The normalized spacial score (nSPS) is 10.6. The molecular formula is C17H16N2O3. The minimum Gasteiger partial charge on any atom is -0.492 e. The number of benzene rings is 1. The van der Waals surface area contributed by atoms with E-state index in [2.05, 4.69) is 5.10 Å². The summed E-state index contributed by atoms with van der Waals surface area (Å²) in [6, 6.07) is 13.0. The van der Waals surface area contributed by atoms with Crippen molar-refractivity contribution in [2.45, 2.75) is 13.5 Å². The van der Waals surface area contributed by atoms with Crippen molar-refractivity contribution in [3.63, 3.8) is 0 Å². The third-order valence-electron chi connectivity index (χ3n) is 3.24. The van der Waals surface area contributed by atoms with Crippen LogP contribution in [-0.4, -0.2) is 22.7 Å². The number of nitrogens with zero attached hydrogens (tertiary/aromatic N) is 2. The van der Waals surface area contributed by atoms with Gasteiger partial charge < -0.3 is 9.15 Å². The molecule has 2 aromatic heterocycles. The van der Waals surface area contributed by atoms with Crippen LogP contribution in [0.5, 0.6) is 5.75 Å². The summed E-state index contributed by atoms with van der Waals surface area (Å²) in [6.07, 6.45) is 2.63. The number of hydrogen-bond acceptors (Lipinski definition) is 4. The van der Waals surface area contributed by atoms with Gasteiger partial charge in [-0.15, -0.1) is 0 Å². The summed E-state index contributed by atoms with van der Waals surface area (Å²) in [5.41, 5.74) is 1.90. The van der Waals surface area contributed by atoms with E-state index in [4.69, 9.17) is 9.15 Å². The highest BCUT2D eigenvalue weighted by atomic mass is 16.5. The number of furan rings is 1. The van der Waals surface area contributed by atoms with Crippen molar-refractivity contribution in [1.29, 1.82) is 0 Å². The van der Waals surface area contributed by atoms with Crippen LogP contribution in [0, 0.1) is 6.92 Å². The van der Waals surface area contributed by atoms with E-state index in [1.165, 1.54) is 0 Å². The smallest absolute Gasteiger partial charge is 0.185 e. The summed E-state index contributed by atoms with van der Waals surface area (Å²) in [7, 11) is 0. The van der Waals surface area contributed by atoms with Gasteiger partial charge in [0.1, 0.15) is 18.1 Å².